The Bertz CT molecular complexity index is 888. The van der Waals surface area contributed by atoms with Crippen LogP contribution in [-0.2, 0) is 19.1 Å². The van der Waals surface area contributed by atoms with E-state index in [1.807, 2.05) is 17.5 Å². The number of carbonyl (C=O) groups excluding carboxylic acids is 3. The van der Waals surface area contributed by atoms with Crippen molar-refractivity contribution in [3.8, 4) is 0 Å². The third-order valence-corrected chi connectivity index (χ3v) is 4.82. The zero-order valence-electron chi connectivity index (χ0n) is 14.9. The van der Waals surface area contributed by atoms with Gasteiger partial charge in [0.15, 0.2) is 0 Å². The fourth-order valence-electron chi connectivity index (χ4n) is 2.71. The molecule has 1 aliphatic heterocycles. The summed E-state index contributed by atoms with van der Waals surface area (Å²) in [5.41, 5.74) is 1.89. The Morgan fingerprint density at radius 2 is 1.81 bits per heavy atom. The summed E-state index contributed by atoms with van der Waals surface area (Å²) in [5.74, 6) is -0.882. The molecule has 8 heteroatoms. The van der Waals surface area contributed by atoms with E-state index in [9.17, 15) is 14.4 Å². The van der Waals surface area contributed by atoms with Gasteiger partial charge in [-0.2, -0.15) is 0 Å². The quantitative estimate of drug-likeness (QED) is 0.715. The summed E-state index contributed by atoms with van der Waals surface area (Å²) in [4.78, 5) is 38.7. The summed E-state index contributed by atoms with van der Waals surface area (Å²) in [6.45, 7) is 1.89. The summed E-state index contributed by atoms with van der Waals surface area (Å²) in [7, 11) is 1.52. The van der Waals surface area contributed by atoms with E-state index in [1.54, 1.807) is 24.3 Å². The molecule has 2 N–H and O–H groups in total. The molecule has 2 aromatic rings. The zero-order chi connectivity index (χ0) is 19.4. The van der Waals surface area contributed by atoms with Crippen LogP contribution in [0.15, 0.2) is 47.5 Å². The number of benzene rings is 1. The van der Waals surface area contributed by atoms with E-state index >= 15 is 0 Å². The molecule has 140 valence electrons. The highest BCUT2D eigenvalue weighted by molar-refractivity contribution is 7.11. The van der Waals surface area contributed by atoms with E-state index in [4.69, 9.17) is 4.74 Å². The smallest absolute Gasteiger partial charge is 0.278 e. The van der Waals surface area contributed by atoms with E-state index < -0.39 is 0 Å². The molecule has 3 amide bonds. The number of ether oxygens (including phenoxy) is 1. The van der Waals surface area contributed by atoms with Crippen molar-refractivity contribution < 1.29 is 19.1 Å². The molecule has 1 aromatic heterocycles. The van der Waals surface area contributed by atoms with Crippen LogP contribution in [0.3, 0.4) is 0 Å². The molecule has 0 aliphatic carbocycles. The molecule has 7 nitrogen and oxygen atoms in total. The van der Waals surface area contributed by atoms with Crippen molar-refractivity contribution in [1.29, 1.82) is 0 Å². The molecule has 0 fully saturated rings. The van der Waals surface area contributed by atoms with E-state index in [0.29, 0.717) is 16.9 Å². The SMILES string of the molecule is COCCN1C(=O)C(Nc2ccc(NC(C)=O)cc2)=C(c2cccs2)C1=O. The van der Waals surface area contributed by atoms with Gasteiger partial charge in [-0.3, -0.25) is 19.3 Å². The summed E-state index contributed by atoms with van der Waals surface area (Å²) in [6.07, 6.45) is 0. The first-order chi connectivity index (χ1) is 13.0. The molecule has 0 saturated carbocycles. The molecule has 1 aromatic carbocycles. The maximum atomic E-state index is 12.8. The lowest BCUT2D eigenvalue weighted by molar-refractivity contribution is -0.137. The van der Waals surface area contributed by atoms with Gasteiger partial charge in [0, 0.05) is 30.3 Å². The lowest BCUT2D eigenvalue weighted by Crippen LogP contribution is -2.35. The second kappa shape index (κ2) is 8.15. The highest BCUT2D eigenvalue weighted by Gasteiger charge is 2.39. The molecule has 0 unspecified atom stereocenters. The predicted molar refractivity (Wildman–Crippen MR) is 104 cm³/mol. The third kappa shape index (κ3) is 4.07. The Morgan fingerprint density at radius 3 is 2.41 bits per heavy atom. The third-order valence-electron chi connectivity index (χ3n) is 3.93. The van der Waals surface area contributed by atoms with Crippen molar-refractivity contribution >= 4 is 46.0 Å². The minimum absolute atomic E-state index is 0.163. The van der Waals surface area contributed by atoms with Crippen LogP contribution in [0, 0.1) is 0 Å². The van der Waals surface area contributed by atoms with Gasteiger partial charge in [0.05, 0.1) is 18.7 Å². The van der Waals surface area contributed by atoms with E-state index in [1.165, 1.54) is 30.3 Å². The predicted octanol–water partition coefficient (Wildman–Crippen LogP) is 2.54. The summed E-state index contributed by atoms with van der Waals surface area (Å²) in [5, 5.41) is 7.61. The fraction of sp³-hybridized carbons (Fsp3) is 0.211. The number of imide groups is 1. The largest absolute Gasteiger partial charge is 0.383 e. The maximum Gasteiger partial charge on any atom is 0.278 e. The van der Waals surface area contributed by atoms with Gasteiger partial charge >= 0.3 is 0 Å². The van der Waals surface area contributed by atoms with Crippen molar-refractivity contribution in [1.82, 2.24) is 4.90 Å². The molecule has 0 saturated heterocycles. The molecule has 0 atom stereocenters. The number of anilines is 2. The van der Waals surface area contributed by atoms with Crippen LogP contribution in [0.2, 0.25) is 0 Å². The molecule has 0 radical (unpaired) electrons. The average Bonchev–Trinajstić information content (AvgIpc) is 3.23. The maximum absolute atomic E-state index is 12.8. The molecular formula is C19H19N3O4S. The number of carbonyl (C=O) groups is 3. The van der Waals surface area contributed by atoms with Gasteiger partial charge in [-0.1, -0.05) is 6.07 Å². The summed E-state index contributed by atoms with van der Waals surface area (Å²) >= 11 is 1.40. The first kappa shape index (κ1) is 18.8. The number of rotatable bonds is 7. The van der Waals surface area contributed by atoms with E-state index in [-0.39, 0.29) is 36.6 Å². The highest BCUT2D eigenvalue weighted by Crippen LogP contribution is 2.32. The van der Waals surface area contributed by atoms with E-state index in [0.717, 1.165) is 4.88 Å². The first-order valence-corrected chi connectivity index (χ1v) is 9.17. The van der Waals surface area contributed by atoms with E-state index in [2.05, 4.69) is 10.6 Å². The Kier molecular flexibility index (Phi) is 5.68. The zero-order valence-corrected chi connectivity index (χ0v) is 15.8. The molecule has 0 spiro atoms. The number of hydrogen-bond donors (Lipinski definition) is 2. The van der Waals surface area contributed by atoms with Crippen molar-refractivity contribution in [3.05, 3.63) is 52.4 Å². The van der Waals surface area contributed by atoms with Gasteiger partial charge < -0.3 is 15.4 Å². The Balaban J connectivity index is 1.90. The Morgan fingerprint density at radius 1 is 1.11 bits per heavy atom. The minimum atomic E-state index is -0.383. The Hall–Kier alpha value is -2.97. The number of thiophene rings is 1. The molecule has 2 heterocycles. The topological polar surface area (TPSA) is 87.7 Å². The lowest BCUT2D eigenvalue weighted by Gasteiger charge is -2.14. The van der Waals surface area contributed by atoms with Crippen LogP contribution in [0.5, 0.6) is 0 Å². The van der Waals surface area contributed by atoms with Crippen molar-refractivity contribution in [2.45, 2.75) is 6.92 Å². The van der Waals surface area contributed by atoms with Crippen molar-refractivity contribution in [2.24, 2.45) is 0 Å². The Labute approximate surface area is 160 Å². The molecule has 27 heavy (non-hydrogen) atoms. The normalized spacial score (nSPS) is 14.1. The second-order valence-corrected chi connectivity index (χ2v) is 6.81. The average molecular weight is 385 g/mol. The molecule has 3 rings (SSSR count). The summed E-state index contributed by atoms with van der Waals surface area (Å²) in [6, 6.07) is 10.6. The fourth-order valence-corrected chi connectivity index (χ4v) is 3.48. The number of nitrogens with one attached hydrogen (secondary N) is 2. The van der Waals surface area contributed by atoms with Crippen molar-refractivity contribution in [3.63, 3.8) is 0 Å². The standard InChI is InChI=1S/C19H19N3O4S/c1-12(23)20-13-5-7-14(8-6-13)21-17-16(15-4-3-11-27-15)18(24)22(19(17)25)9-10-26-2/h3-8,11,21H,9-10H2,1-2H3,(H,20,23). The monoisotopic (exact) mass is 385 g/mol. The van der Waals surface area contributed by atoms with Crippen LogP contribution < -0.4 is 10.6 Å². The second-order valence-electron chi connectivity index (χ2n) is 5.87. The van der Waals surface area contributed by atoms with Crippen LogP contribution in [-0.4, -0.2) is 42.9 Å². The lowest BCUT2D eigenvalue weighted by atomic mass is 10.2. The van der Waals surface area contributed by atoms with Gasteiger partial charge in [-0.15, -0.1) is 11.3 Å². The van der Waals surface area contributed by atoms with Crippen LogP contribution in [0.1, 0.15) is 11.8 Å². The van der Waals surface area contributed by atoms with Crippen LogP contribution in [0.4, 0.5) is 11.4 Å². The minimum Gasteiger partial charge on any atom is -0.383 e. The molecule has 0 bridgehead atoms. The molecular weight excluding hydrogens is 366 g/mol. The highest BCUT2D eigenvalue weighted by atomic mass is 32.1. The summed E-state index contributed by atoms with van der Waals surface area (Å²) < 4.78 is 5.01. The molecule has 1 aliphatic rings. The van der Waals surface area contributed by atoms with Gasteiger partial charge in [0.1, 0.15) is 5.70 Å². The van der Waals surface area contributed by atoms with Gasteiger partial charge in [-0.05, 0) is 35.7 Å². The van der Waals surface area contributed by atoms with Gasteiger partial charge in [-0.25, -0.2) is 0 Å². The van der Waals surface area contributed by atoms with Crippen molar-refractivity contribution in [2.75, 3.05) is 30.9 Å². The number of nitrogens with zero attached hydrogens (tertiary/aromatic N) is 1. The number of amides is 3. The van der Waals surface area contributed by atoms with Gasteiger partial charge in [0.2, 0.25) is 5.91 Å². The number of hydrogen-bond acceptors (Lipinski definition) is 6. The number of methoxy groups -OCH3 is 1. The van der Waals surface area contributed by atoms with Crippen LogP contribution >= 0.6 is 11.3 Å². The van der Waals surface area contributed by atoms with Crippen LogP contribution in [0.25, 0.3) is 5.57 Å². The van der Waals surface area contributed by atoms with Gasteiger partial charge in [0.25, 0.3) is 11.8 Å². The first-order valence-electron chi connectivity index (χ1n) is 8.29.